The molecular weight excluding hydrogens is 336 g/mol. The topological polar surface area (TPSA) is 52.1 Å². The number of hydrogen-bond acceptors (Lipinski definition) is 4. The summed E-state index contributed by atoms with van der Waals surface area (Å²) < 4.78 is 5.21. The van der Waals surface area contributed by atoms with Gasteiger partial charge in [0.1, 0.15) is 0 Å². The van der Waals surface area contributed by atoms with Crippen molar-refractivity contribution in [2.75, 3.05) is 6.61 Å². The molecule has 1 heterocycles. The number of nitrogens with zero attached hydrogens (tertiary/aromatic N) is 2. The molecule has 1 aromatic heterocycles. The summed E-state index contributed by atoms with van der Waals surface area (Å²) in [5.41, 5.74) is 3.09. The van der Waals surface area contributed by atoms with Crippen LogP contribution in [0.15, 0.2) is 42.7 Å². The third-order valence-corrected chi connectivity index (χ3v) is 4.56. The van der Waals surface area contributed by atoms with Crippen molar-refractivity contribution in [2.45, 2.75) is 52.9 Å². The Morgan fingerprint density at radius 1 is 1.11 bits per heavy atom. The summed E-state index contributed by atoms with van der Waals surface area (Å²) in [5.74, 6) is 0.804. The Labute approximate surface area is 162 Å². The zero-order valence-electron chi connectivity index (χ0n) is 16.6. The summed E-state index contributed by atoms with van der Waals surface area (Å²) >= 11 is 0. The maximum absolute atomic E-state index is 11.7. The first kappa shape index (κ1) is 20.8. The van der Waals surface area contributed by atoms with Gasteiger partial charge in [0.2, 0.25) is 0 Å². The lowest BCUT2D eigenvalue weighted by molar-refractivity contribution is -0.138. The fraction of sp³-hybridized carbons (Fsp3) is 0.435. The first-order valence-corrected chi connectivity index (χ1v) is 9.88. The van der Waals surface area contributed by atoms with Crippen LogP contribution in [-0.2, 0) is 16.0 Å². The van der Waals surface area contributed by atoms with E-state index in [1.165, 1.54) is 30.9 Å². The summed E-state index contributed by atoms with van der Waals surface area (Å²) in [6.45, 7) is 6.81. The van der Waals surface area contributed by atoms with E-state index in [1.807, 2.05) is 36.7 Å². The lowest BCUT2D eigenvalue weighted by Gasteiger charge is -2.07. The minimum Gasteiger partial charge on any atom is -0.462 e. The molecule has 27 heavy (non-hydrogen) atoms. The predicted octanol–water partition coefficient (Wildman–Crippen LogP) is 5.48. The van der Waals surface area contributed by atoms with Gasteiger partial charge in [-0.2, -0.15) is 0 Å². The van der Waals surface area contributed by atoms with Gasteiger partial charge >= 0.3 is 5.97 Å². The normalized spacial score (nSPS) is 12.3. The zero-order chi connectivity index (χ0) is 19.5. The molecule has 2 rings (SSSR count). The van der Waals surface area contributed by atoms with Crippen molar-refractivity contribution in [1.82, 2.24) is 9.97 Å². The molecule has 0 radical (unpaired) electrons. The van der Waals surface area contributed by atoms with Crippen LogP contribution in [0.2, 0.25) is 0 Å². The first-order chi connectivity index (χ1) is 13.1. The number of benzene rings is 1. The molecule has 0 N–H and O–H groups in total. The molecule has 144 valence electrons. The molecule has 0 saturated carbocycles. The largest absolute Gasteiger partial charge is 0.462 e. The van der Waals surface area contributed by atoms with Gasteiger partial charge in [-0.25, -0.2) is 14.8 Å². The highest BCUT2D eigenvalue weighted by atomic mass is 16.5. The highest BCUT2D eigenvalue weighted by molar-refractivity contribution is 5.87. The number of rotatable bonds is 10. The van der Waals surface area contributed by atoms with Crippen LogP contribution in [0.3, 0.4) is 0 Å². The molecule has 0 unspecified atom stereocenters. The van der Waals surface area contributed by atoms with Crippen LogP contribution in [0.25, 0.3) is 17.5 Å². The van der Waals surface area contributed by atoms with E-state index in [0.717, 1.165) is 29.8 Å². The summed E-state index contributed by atoms with van der Waals surface area (Å²) in [4.78, 5) is 20.7. The van der Waals surface area contributed by atoms with Gasteiger partial charge in [0, 0.05) is 24.0 Å². The summed E-state index contributed by atoms with van der Waals surface area (Å²) in [6, 6.07) is 7.84. The molecule has 0 aliphatic heterocycles. The molecule has 0 bridgehead atoms. The molecular formula is C23H30N2O2. The lowest BCUT2D eigenvalue weighted by atomic mass is 10.1. The molecule has 0 spiro atoms. The average Bonchev–Trinajstić information content (AvgIpc) is 2.71. The van der Waals surface area contributed by atoms with Gasteiger partial charge in [0.15, 0.2) is 5.82 Å². The number of esters is 1. The van der Waals surface area contributed by atoms with Gasteiger partial charge in [-0.3, -0.25) is 0 Å². The lowest BCUT2D eigenvalue weighted by Crippen LogP contribution is -2.08. The first-order valence-electron chi connectivity index (χ1n) is 9.88. The standard InChI is InChI=1S/C23H30N2O2/c1-4-6-7-8-20-15-24-23(25-16-20)21-12-9-19(10-13-21)11-14-22(26)27-17-18(3)5-2/h9-16,18H,4-8,17H2,1-3H3/t18-/m1/s1. The van der Waals surface area contributed by atoms with Crippen LogP contribution < -0.4 is 0 Å². The summed E-state index contributed by atoms with van der Waals surface area (Å²) in [5, 5.41) is 0. The van der Waals surface area contributed by atoms with Gasteiger partial charge in [-0.05, 0) is 36.0 Å². The van der Waals surface area contributed by atoms with Crippen LogP contribution in [0, 0.1) is 5.92 Å². The van der Waals surface area contributed by atoms with Gasteiger partial charge in [-0.1, -0.05) is 64.3 Å². The van der Waals surface area contributed by atoms with E-state index in [2.05, 4.69) is 30.7 Å². The second-order valence-corrected chi connectivity index (χ2v) is 6.97. The molecule has 0 aliphatic rings. The predicted molar refractivity (Wildman–Crippen MR) is 110 cm³/mol. The van der Waals surface area contributed by atoms with Gasteiger partial charge in [0.05, 0.1) is 6.61 Å². The molecule has 0 amide bonds. The van der Waals surface area contributed by atoms with Crippen LogP contribution in [0.1, 0.15) is 57.6 Å². The Hall–Kier alpha value is -2.49. The Morgan fingerprint density at radius 2 is 1.81 bits per heavy atom. The van der Waals surface area contributed by atoms with Crippen molar-refractivity contribution in [3.05, 3.63) is 53.9 Å². The van der Waals surface area contributed by atoms with Crippen molar-refractivity contribution in [2.24, 2.45) is 5.92 Å². The molecule has 4 nitrogen and oxygen atoms in total. The molecule has 1 aromatic carbocycles. The van der Waals surface area contributed by atoms with E-state index in [-0.39, 0.29) is 5.97 Å². The third-order valence-electron chi connectivity index (χ3n) is 4.56. The second kappa shape index (κ2) is 11.3. The van der Waals surface area contributed by atoms with Gasteiger partial charge in [0.25, 0.3) is 0 Å². The minimum absolute atomic E-state index is 0.304. The van der Waals surface area contributed by atoms with Crippen molar-refractivity contribution in [3.63, 3.8) is 0 Å². The third kappa shape index (κ3) is 7.33. The van der Waals surface area contributed by atoms with Crippen molar-refractivity contribution < 1.29 is 9.53 Å². The molecule has 4 heteroatoms. The fourth-order valence-corrected chi connectivity index (χ4v) is 2.51. The van der Waals surface area contributed by atoms with Crippen LogP contribution in [-0.4, -0.2) is 22.5 Å². The summed E-state index contributed by atoms with van der Waals surface area (Å²) in [6.07, 6.45) is 12.7. The van der Waals surface area contributed by atoms with Gasteiger partial charge < -0.3 is 4.74 Å². The number of carbonyl (C=O) groups excluding carboxylic acids is 1. The fourth-order valence-electron chi connectivity index (χ4n) is 2.51. The number of aryl methyl sites for hydroxylation is 1. The minimum atomic E-state index is -0.304. The Morgan fingerprint density at radius 3 is 2.44 bits per heavy atom. The monoisotopic (exact) mass is 366 g/mol. The number of aromatic nitrogens is 2. The summed E-state index contributed by atoms with van der Waals surface area (Å²) in [7, 11) is 0. The van der Waals surface area contributed by atoms with Crippen molar-refractivity contribution in [1.29, 1.82) is 0 Å². The van der Waals surface area contributed by atoms with E-state index >= 15 is 0 Å². The Kier molecular flexibility index (Phi) is 8.69. The smallest absolute Gasteiger partial charge is 0.330 e. The van der Waals surface area contributed by atoms with Crippen molar-refractivity contribution in [3.8, 4) is 11.4 Å². The van der Waals surface area contributed by atoms with E-state index in [4.69, 9.17) is 4.74 Å². The maximum Gasteiger partial charge on any atom is 0.330 e. The van der Waals surface area contributed by atoms with E-state index in [1.54, 1.807) is 6.08 Å². The maximum atomic E-state index is 11.7. The number of unbranched alkanes of at least 4 members (excludes halogenated alkanes) is 2. The number of carbonyl (C=O) groups is 1. The van der Waals surface area contributed by atoms with E-state index in [9.17, 15) is 4.79 Å². The highest BCUT2D eigenvalue weighted by Crippen LogP contribution is 2.17. The Balaban J connectivity index is 1.90. The van der Waals surface area contributed by atoms with Crippen molar-refractivity contribution >= 4 is 12.0 Å². The average molecular weight is 367 g/mol. The number of ether oxygens (including phenoxy) is 1. The SMILES string of the molecule is CCCCCc1cnc(-c2ccc(C=CC(=O)OC[C@H](C)CC)cc2)nc1. The molecule has 0 aliphatic carbocycles. The Bertz CT molecular complexity index is 721. The molecule has 2 aromatic rings. The molecule has 0 fully saturated rings. The number of hydrogen-bond donors (Lipinski definition) is 0. The van der Waals surface area contributed by atoms with Crippen LogP contribution in [0.4, 0.5) is 0 Å². The van der Waals surface area contributed by atoms with E-state index in [0.29, 0.717) is 12.5 Å². The molecule has 0 saturated heterocycles. The van der Waals surface area contributed by atoms with Gasteiger partial charge in [-0.15, -0.1) is 0 Å². The second-order valence-electron chi connectivity index (χ2n) is 6.97. The highest BCUT2D eigenvalue weighted by Gasteiger charge is 2.04. The van der Waals surface area contributed by atoms with Crippen LogP contribution in [0.5, 0.6) is 0 Å². The molecule has 1 atom stereocenters. The zero-order valence-corrected chi connectivity index (χ0v) is 16.6. The van der Waals surface area contributed by atoms with Crippen LogP contribution >= 0.6 is 0 Å². The quantitative estimate of drug-likeness (QED) is 0.317. The van der Waals surface area contributed by atoms with E-state index < -0.39 is 0 Å².